The zero-order valence-corrected chi connectivity index (χ0v) is 11.3. The molecule has 98 valence electrons. The molecule has 0 aliphatic carbocycles. The molecule has 0 unspecified atom stereocenters. The Balaban J connectivity index is 2.39. The maximum absolute atomic E-state index is 11.8. The van der Waals surface area contributed by atoms with Gasteiger partial charge in [0.15, 0.2) is 0 Å². The van der Waals surface area contributed by atoms with E-state index in [0.29, 0.717) is 24.2 Å². The Morgan fingerprint density at radius 1 is 1.44 bits per heavy atom. The Hall–Kier alpha value is -1.27. The van der Waals surface area contributed by atoms with E-state index in [1.807, 2.05) is 0 Å². The standard InChI is InChI=1S/C11H12ClNO4S/c1-17-11(14)8-3-4-10(9(12)7-8)13-5-2-6-18(13,15)16/h3-4,7H,2,5-6H2,1H3. The largest absolute Gasteiger partial charge is 0.465 e. The Labute approximate surface area is 110 Å². The second-order valence-corrected chi connectivity index (χ2v) is 6.32. The summed E-state index contributed by atoms with van der Waals surface area (Å²) in [6.07, 6.45) is 0.581. The molecule has 0 amide bonds. The van der Waals surface area contributed by atoms with Crippen molar-refractivity contribution < 1.29 is 17.9 Å². The van der Waals surface area contributed by atoms with Crippen LogP contribution in [0.15, 0.2) is 18.2 Å². The number of benzene rings is 1. The van der Waals surface area contributed by atoms with Crippen LogP contribution in [0.2, 0.25) is 5.02 Å². The summed E-state index contributed by atoms with van der Waals surface area (Å²) >= 11 is 6.02. The number of esters is 1. The predicted octanol–water partition coefficient (Wildman–Crippen LogP) is 1.67. The zero-order chi connectivity index (χ0) is 13.3. The fourth-order valence-corrected chi connectivity index (χ4v) is 3.78. The van der Waals surface area contributed by atoms with Gasteiger partial charge >= 0.3 is 5.97 Å². The molecule has 1 aromatic carbocycles. The fraction of sp³-hybridized carbons (Fsp3) is 0.364. The monoisotopic (exact) mass is 289 g/mol. The molecule has 1 heterocycles. The summed E-state index contributed by atoms with van der Waals surface area (Å²) in [7, 11) is -2.00. The number of methoxy groups -OCH3 is 1. The molecule has 2 rings (SSSR count). The molecule has 0 atom stereocenters. The maximum Gasteiger partial charge on any atom is 0.337 e. The molecular weight excluding hydrogens is 278 g/mol. The molecule has 0 saturated carbocycles. The molecule has 1 fully saturated rings. The molecule has 0 spiro atoms. The van der Waals surface area contributed by atoms with Crippen LogP contribution in [0.25, 0.3) is 0 Å². The first kappa shape index (κ1) is 13.2. The topological polar surface area (TPSA) is 63.7 Å². The van der Waals surface area contributed by atoms with Crippen LogP contribution in [-0.2, 0) is 14.8 Å². The minimum Gasteiger partial charge on any atom is -0.465 e. The van der Waals surface area contributed by atoms with Gasteiger partial charge in [0.25, 0.3) is 0 Å². The van der Waals surface area contributed by atoms with E-state index in [-0.39, 0.29) is 10.8 Å². The van der Waals surface area contributed by atoms with Crippen molar-refractivity contribution in [2.24, 2.45) is 0 Å². The summed E-state index contributed by atoms with van der Waals surface area (Å²) in [5, 5.41) is 0.225. The van der Waals surface area contributed by atoms with Crippen molar-refractivity contribution in [2.45, 2.75) is 6.42 Å². The molecule has 5 nitrogen and oxygen atoms in total. The van der Waals surface area contributed by atoms with E-state index in [1.54, 1.807) is 0 Å². The Morgan fingerprint density at radius 3 is 2.67 bits per heavy atom. The van der Waals surface area contributed by atoms with E-state index < -0.39 is 16.0 Å². The Bertz CT molecular complexity index is 585. The molecule has 0 bridgehead atoms. The summed E-state index contributed by atoms with van der Waals surface area (Å²) in [5.41, 5.74) is 0.699. The lowest BCUT2D eigenvalue weighted by atomic mass is 10.2. The van der Waals surface area contributed by atoms with Crippen LogP contribution in [-0.4, -0.2) is 33.8 Å². The molecule has 1 aromatic rings. The zero-order valence-electron chi connectivity index (χ0n) is 9.72. The van der Waals surface area contributed by atoms with E-state index in [4.69, 9.17) is 11.6 Å². The predicted molar refractivity (Wildman–Crippen MR) is 68.5 cm³/mol. The van der Waals surface area contributed by atoms with Crippen molar-refractivity contribution in [2.75, 3.05) is 23.7 Å². The van der Waals surface area contributed by atoms with Gasteiger partial charge in [0.05, 0.1) is 29.1 Å². The number of hydrogen-bond donors (Lipinski definition) is 0. The van der Waals surface area contributed by atoms with Gasteiger partial charge in [0.1, 0.15) is 0 Å². The van der Waals surface area contributed by atoms with E-state index in [9.17, 15) is 13.2 Å². The number of carbonyl (C=O) groups excluding carboxylic acids is 1. The third-order valence-corrected chi connectivity index (χ3v) is 4.89. The summed E-state index contributed by atoms with van der Waals surface area (Å²) in [6, 6.07) is 4.44. The molecule has 18 heavy (non-hydrogen) atoms. The van der Waals surface area contributed by atoms with E-state index in [1.165, 1.54) is 29.6 Å². The van der Waals surface area contributed by atoms with Crippen LogP contribution < -0.4 is 4.31 Å². The van der Waals surface area contributed by atoms with Crippen molar-refractivity contribution in [3.8, 4) is 0 Å². The third kappa shape index (κ3) is 2.30. The van der Waals surface area contributed by atoms with E-state index in [0.717, 1.165) is 0 Å². The molecule has 7 heteroatoms. The van der Waals surface area contributed by atoms with Crippen LogP contribution in [0, 0.1) is 0 Å². The number of hydrogen-bond acceptors (Lipinski definition) is 4. The number of ether oxygens (including phenoxy) is 1. The average molecular weight is 290 g/mol. The van der Waals surface area contributed by atoms with Crippen molar-refractivity contribution >= 4 is 33.3 Å². The number of halogens is 1. The highest BCUT2D eigenvalue weighted by Crippen LogP contribution is 2.31. The molecule has 0 radical (unpaired) electrons. The van der Waals surface area contributed by atoms with Crippen LogP contribution in [0.4, 0.5) is 5.69 Å². The van der Waals surface area contributed by atoms with Crippen LogP contribution in [0.3, 0.4) is 0 Å². The summed E-state index contributed by atoms with van der Waals surface area (Å²) in [6.45, 7) is 0.416. The van der Waals surface area contributed by atoms with Gasteiger partial charge in [0, 0.05) is 6.54 Å². The minimum absolute atomic E-state index is 0.127. The molecule has 1 aliphatic rings. The van der Waals surface area contributed by atoms with Gasteiger partial charge < -0.3 is 4.74 Å². The Kier molecular flexibility index (Phi) is 3.49. The number of carbonyl (C=O) groups is 1. The van der Waals surface area contributed by atoms with Crippen molar-refractivity contribution in [3.05, 3.63) is 28.8 Å². The molecule has 0 N–H and O–H groups in total. The van der Waals surface area contributed by atoms with Crippen molar-refractivity contribution in [3.63, 3.8) is 0 Å². The van der Waals surface area contributed by atoms with Crippen molar-refractivity contribution in [1.82, 2.24) is 0 Å². The van der Waals surface area contributed by atoms with Gasteiger partial charge in [-0.15, -0.1) is 0 Å². The number of anilines is 1. The van der Waals surface area contributed by atoms with E-state index in [2.05, 4.69) is 4.74 Å². The normalized spacial score (nSPS) is 17.8. The lowest BCUT2D eigenvalue weighted by Gasteiger charge is -2.18. The second kappa shape index (κ2) is 4.78. The van der Waals surface area contributed by atoms with Crippen LogP contribution in [0.1, 0.15) is 16.8 Å². The van der Waals surface area contributed by atoms with E-state index >= 15 is 0 Å². The first-order chi connectivity index (χ1) is 8.45. The SMILES string of the molecule is COC(=O)c1ccc(N2CCCS2(=O)=O)c(Cl)c1. The second-order valence-electron chi connectivity index (χ2n) is 3.90. The van der Waals surface area contributed by atoms with Crippen LogP contribution >= 0.6 is 11.6 Å². The summed E-state index contributed by atoms with van der Waals surface area (Å²) < 4.78 is 29.4. The highest BCUT2D eigenvalue weighted by molar-refractivity contribution is 7.93. The smallest absolute Gasteiger partial charge is 0.337 e. The lowest BCUT2D eigenvalue weighted by Crippen LogP contribution is -2.25. The van der Waals surface area contributed by atoms with Gasteiger partial charge in [-0.05, 0) is 24.6 Å². The number of nitrogens with zero attached hydrogens (tertiary/aromatic N) is 1. The fourth-order valence-electron chi connectivity index (χ4n) is 1.86. The van der Waals surface area contributed by atoms with Gasteiger partial charge in [0.2, 0.25) is 10.0 Å². The first-order valence-electron chi connectivity index (χ1n) is 5.34. The first-order valence-corrected chi connectivity index (χ1v) is 7.33. The Morgan fingerprint density at radius 2 is 2.17 bits per heavy atom. The molecule has 0 aromatic heterocycles. The summed E-state index contributed by atoms with van der Waals surface area (Å²) in [5.74, 6) is -0.380. The molecular formula is C11H12ClNO4S. The van der Waals surface area contributed by atoms with Gasteiger partial charge in [-0.3, -0.25) is 4.31 Å². The quantitative estimate of drug-likeness (QED) is 0.777. The summed E-state index contributed by atoms with van der Waals surface area (Å²) in [4.78, 5) is 11.3. The molecule has 1 aliphatic heterocycles. The minimum atomic E-state index is -3.27. The van der Waals surface area contributed by atoms with Crippen molar-refractivity contribution in [1.29, 1.82) is 0 Å². The van der Waals surface area contributed by atoms with Gasteiger partial charge in [-0.25, -0.2) is 13.2 Å². The average Bonchev–Trinajstić information content (AvgIpc) is 2.68. The highest BCUT2D eigenvalue weighted by atomic mass is 35.5. The van der Waals surface area contributed by atoms with Crippen LogP contribution in [0.5, 0.6) is 0 Å². The lowest BCUT2D eigenvalue weighted by molar-refractivity contribution is 0.0601. The number of rotatable bonds is 2. The highest BCUT2D eigenvalue weighted by Gasteiger charge is 2.30. The maximum atomic E-state index is 11.8. The molecule has 1 saturated heterocycles. The van der Waals surface area contributed by atoms with Gasteiger partial charge in [-0.1, -0.05) is 11.6 Å². The third-order valence-electron chi connectivity index (χ3n) is 2.74. The van der Waals surface area contributed by atoms with Gasteiger partial charge in [-0.2, -0.15) is 0 Å². The number of sulfonamides is 1.